The van der Waals surface area contributed by atoms with Gasteiger partial charge in [0.1, 0.15) is 17.0 Å². The van der Waals surface area contributed by atoms with Gasteiger partial charge in [0, 0.05) is 16.2 Å². The summed E-state index contributed by atoms with van der Waals surface area (Å²) in [5, 5.41) is 12.4. The first-order valence-corrected chi connectivity index (χ1v) is 6.15. The summed E-state index contributed by atoms with van der Waals surface area (Å²) in [6.45, 7) is 0. The van der Waals surface area contributed by atoms with Gasteiger partial charge in [-0.05, 0) is 24.3 Å². The molecule has 1 aromatic carbocycles. The summed E-state index contributed by atoms with van der Waals surface area (Å²) >= 11 is 9.12. The molecule has 0 saturated carbocycles. The number of nitrogen functional groups attached to an aromatic ring is 1. The van der Waals surface area contributed by atoms with Crippen LogP contribution in [0, 0.1) is 11.3 Å². The Kier molecular flexibility index (Phi) is 3.70. The smallest absolute Gasteiger partial charge is 0.134 e. The Labute approximate surface area is 118 Å². The highest BCUT2D eigenvalue weighted by atomic mass is 79.9. The van der Waals surface area contributed by atoms with Gasteiger partial charge in [0.2, 0.25) is 0 Å². The molecule has 0 aliphatic carbocycles. The molecule has 0 amide bonds. The maximum atomic E-state index is 9.05. The topological polar surface area (TPSA) is 74.7 Å². The monoisotopic (exact) mass is 322 g/mol. The van der Waals surface area contributed by atoms with Crippen molar-refractivity contribution in [2.24, 2.45) is 0 Å². The Morgan fingerprint density at radius 2 is 2.11 bits per heavy atom. The molecule has 0 saturated heterocycles. The van der Waals surface area contributed by atoms with E-state index in [-0.39, 0.29) is 0 Å². The molecule has 1 aromatic heterocycles. The third kappa shape index (κ3) is 2.92. The fourth-order valence-corrected chi connectivity index (χ4v) is 2.01. The normalized spacial score (nSPS) is 9.83. The average molecular weight is 324 g/mol. The lowest BCUT2D eigenvalue weighted by Gasteiger charge is -2.08. The summed E-state index contributed by atoms with van der Waals surface area (Å²) in [6.07, 6.45) is 0. The molecule has 2 rings (SSSR count). The van der Waals surface area contributed by atoms with Gasteiger partial charge in [0.15, 0.2) is 0 Å². The molecule has 4 nitrogen and oxygen atoms in total. The summed E-state index contributed by atoms with van der Waals surface area (Å²) in [5.41, 5.74) is 7.33. The number of aromatic nitrogens is 1. The van der Waals surface area contributed by atoms with Gasteiger partial charge in [-0.1, -0.05) is 27.5 Å². The van der Waals surface area contributed by atoms with Crippen LogP contribution in [0.5, 0.6) is 0 Å². The van der Waals surface area contributed by atoms with Gasteiger partial charge < -0.3 is 11.1 Å². The van der Waals surface area contributed by atoms with E-state index in [0.717, 1.165) is 4.47 Å². The van der Waals surface area contributed by atoms with Crippen molar-refractivity contribution in [3.05, 3.63) is 45.5 Å². The van der Waals surface area contributed by atoms with Crippen LogP contribution in [-0.2, 0) is 0 Å². The Bertz CT molecular complexity index is 616. The fourth-order valence-electron chi connectivity index (χ4n) is 1.44. The fraction of sp³-hybridized carbons (Fsp3) is 0. The van der Waals surface area contributed by atoms with Gasteiger partial charge in [-0.2, -0.15) is 5.26 Å². The van der Waals surface area contributed by atoms with E-state index in [4.69, 9.17) is 22.6 Å². The first-order chi connectivity index (χ1) is 8.58. The van der Waals surface area contributed by atoms with Gasteiger partial charge in [-0.3, -0.25) is 0 Å². The third-order valence-corrected chi connectivity index (χ3v) is 2.87. The Hall–Kier alpha value is -1.77. The highest BCUT2D eigenvalue weighted by Crippen LogP contribution is 2.25. The number of pyridine rings is 1. The van der Waals surface area contributed by atoms with E-state index in [1.807, 2.05) is 6.07 Å². The third-order valence-electron chi connectivity index (χ3n) is 2.18. The predicted octanol–water partition coefficient (Wildman–Crippen LogP) is 3.69. The molecule has 90 valence electrons. The van der Waals surface area contributed by atoms with Crippen LogP contribution in [0.15, 0.2) is 34.8 Å². The van der Waals surface area contributed by atoms with Gasteiger partial charge >= 0.3 is 0 Å². The minimum absolute atomic E-state index is 0.299. The van der Waals surface area contributed by atoms with E-state index in [1.165, 1.54) is 0 Å². The van der Waals surface area contributed by atoms with E-state index in [9.17, 15) is 0 Å². The predicted molar refractivity (Wildman–Crippen MR) is 75.8 cm³/mol. The minimum Gasteiger partial charge on any atom is -0.399 e. The Morgan fingerprint density at radius 1 is 1.33 bits per heavy atom. The average Bonchev–Trinajstić information content (AvgIpc) is 2.30. The largest absolute Gasteiger partial charge is 0.399 e. The maximum Gasteiger partial charge on any atom is 0.134 e. The van der Waals surface area contributed by atoms with E-state index < -0.39 is 0 Å². The lowest BCUT2D eigenvalue weighted by molar-refractivity contribution is 1.30. The molecule has 6 heteroatoms. The van der Waals surface area contributed by atoms with Crippen molar-refractivity contribution in [1.29, 1.82) is 5.26 Å². The van der Waals surface area contributed by atoms with Crippen LogP contribution >= 0.6 is 27.5 Å². The zero-order valence-electron chi connectivity index (χ0n) is 9.11. The second kappa shape index (κ2) is 5.25. The molecule has 0 fully saturated rings. The van der Waals surface area contributed by atoms with Crippen LogP contribution in [0.25, 0.3) is 0 Å². The number of nitrogens with two attached hydrogens (primary N) is 1. The molecule has 0 unspecified atom stereocenters. The summed E-state index contributed by atoms with van der Waals surface area (Å²) in [4.78, 5) is 4.08. The van der Waals surface area contributed by atoms with Gasteiger partial charge in [-0.25, -0.2) is 4.98 Å². The standard InChI is InChI=1S/C12H8BrClN4/c13-8-1-2-10(7(3-8)6-15)17-12-5-9(16)4-11(14)18-12/h1-5H,(H3,16,17,18). The summed E-state index contributed by atoms with van der Waals surface area (Å²) in [6, 6.07) is 10.6. The first kappa shape index (κ1) is 12.7. The number of halogens is 2. The number of nitriles is 1. The van der Waals surface area contributed by atoms with E-state index in [2.05, 4.69) is 32.3 Å². The quantitative estimate of drug-likeness (QED) is 0.826. The molecule has 18 heavy (non-hydrogen) atoms. The Morgan fingerprint density at radius 3 is 2.78 bits per heavy atom. The minimum atomic E-state index is 0.299. The van der Waals surface area contributed by atoms with Crippen LogP contribution in [-0.4, -0.2) is 4.98 Å². The molecule has 0 atom stereocenters. The summed E-state index contributed by atoms with van der Waals surface area (Å²) < 4.78 is 0.836. The van der Waals surface area contributed by atoms with Gasteiger partial charge in [-0.15, -0.1) is 0 Å². The van der Waals surface area contributed by atoms with Crippen LogP contribution in [0.4, 0.5) is 17.2 Å². The number of benzene rings is 1. The highest BCUT2D eigenvalue weighted by Gasteiger charge is 2.05. The molecule has 0 radical (unpaired) electrons. The number of rotatable bonds is 2. The Balaban J connectivity index is 2.37. The van der Waals surface area contributed by atoms with Crippen LogP contribution in [0.1, 0.15) is 5.56 Å². The molecule has 0 spiro atoms. The van der Waals surface area contributed by atoms with E-state index >= 15 is 0 Å². The van der Waals surface area contributed by atoms with Crippen molar-refractivity contribution in [2.75, 3.05) is 11.1 Å². The molecule has 0 bridgehead atoms. The number of hydrogen-bond donors (Lipinski definition) is 2. The SMILES string of the molecule is N#Cc1cc(Br)ccc1Nc1cc(N)cc(Cl)n1. The van der Waals surface area contributed by atoms with Crippen molar-refractivity contribution < 1.29 is 0 Å². The molecular weight excluding hydrogens is 316 g/mol. The zero-order chi connectivity index (χ0) is 13.1. The molecule has 1 heterocycles. The molecular formula is C12H8BrClN4. The lowest BCUT2D eigenvalue weighted by atomic mass is 10.2. The highest BCUT2D eigenvalue weighted by molar-refractivity contribution is 9.10. The number of nitrogens with zero attached hydrogens (tertiary/aromatic N) is 2. The van der Waals surface area contributed by atoms with Crippen molar-refractivity contribution in [2.45, 2.75) is 0 Å². The number of nitrogens with one attached hydrogen (secondary N) is 1. The van der Waals surface area contributed by atoms with Gasteiger partial charge in [0.25, 0.3) is 0 Å². The van der Waals surface area contributed by atoms with Crippen LogP contribution in [0.3, 0.4) is 0 Å². The number of hydrogen-bond acceptors (Lipinski definition) is 4. The number of anilines is 3. The van der Waals surface area contributed by atoms with E-state index in [1.54, 1.807) is 24.3 Å². The second-order valence-corrected chi connectivity index (χ2v) is 4.84. The molecule has 3 N–H and O–H groups in total. The molecule has 0 aliphatic rings. The van der Waals surface area contributed by atoms with Gasteiger partial charge in [0.05, 0.1) is 11.3 Å². The van der Waals surface area contributed by atoms with Crippen LogP contribution < -0.4 is 11.1 Å². The van der Waals surface area contributed by atoms with Crippen molar-refractivity contribution in [3.8, 4) is 6.07 Å². The second-order valence-electron chi connectivity index (χ2n) is 3.54. The van der Waals surface area contributed by atoms with Crippen LogP contribution in [0.2, 0.25) is 5.15 Å². The lowest BCUT2D eigenvalue weighted by Crippen LogP contribution is -1.98. The van der Waals surface area contributed by atoms with E-state index in [0.29, 0.717) is 27.9 Å². The summed E-state index contributed by atoms with van der Waals surface area (Å²) in [7, 11) is 0. The molecule has 2 aromatic rings. The zero-order valence-corrected chi connectivity index (χ0v) is 11.5. The maximum absolute atomic E-state index is 9.05. The summed E-state index contributed by atoms with van der Waals surface area (Å²) in [5.74, 6) is 0.499. The first-order valence-electron chi connectivity index (χ1n) is 4.98. The van der Waals surface area contributed by atoms with Crippen molar-refractivity contribution in [3.63, 3.8) is 0 Å². The molecule has 0 aliphatic heterocycles. The van der Waals surface area contributed by atoms with Crippen molar-refractivity contribution in [1.82, 2.24) is 4.98 Å². The van der Waals surface area contributed by atoms with Crippen molar-refractivity contribution >= 4 is 44.7 Å².